The summed E-state index contributed by atoms with van der Waals surface area (Å²) in [6.45, 7) is 0. The van der Waals surface area contributed by atoms with Gasteiger partial charge in [0.05, 0.1) is 5.25 Å². The van der Waals surface area contributed by atoms with Crippen molar-refractivity contribution in [2.75, 3.05) is 0 Å². The predicted molar refractivity (Wildman–Crippen MR) is 42.2 cm³/mol. The molecule has 62 valence electrons. The zero-order valence-electron chi connectivity index (χ0n) is 6.10. The summed E-state index contributed by atoms with van der Waals surface area (Å²) < 4.78 is 21.9. The van der Waals surface area contributed by atoms with Crippen LogP contribution in [0.3, 0.4) is 0 Å². The van der Waals surface area contributed by atoms with Crippen LogP contribution < -0.4 is 5.14 Å². The number of allylic oxidation sites excluding steroid dienone is 2. The SMILES string of the molecule is NS(=O)(=O)C1CC2C=CC1C2. The largest absolute Gasteiger partial charge is 0.228 e. The lowest BCUT2D eigenvalue weighted by Gasteiger charge is -2.14. The first-order chi connectivity index (χ1) is 5.07. The van der Waals surface area contributed by atoms with Crippen LogP contribution in [0.4, 0.5) is 0 Å². The first-order valence-corrected chi connectivity index (χ1v) is 5.38. The highest BCUT2D eigenvalue weighted by Gasteiger charge is 2.41. The Balaban J connectivity index is 2.28. The Bertz CT molecular complexity index is 294. The van der Waals surface area contributed by atoms with Crippen molar-refractivity contribution in [1.82, 2.24) is 0 Å². The molecule has 3 unspecified atom stereocenters. The molecule has 0 aliphatic heterocycles. The van der Waals surface area contributed by atoms with Gasteiger partial charge < -0.3 is 0 Å². The van der Waals surface area contributed by atoms with Crippen molar-refractivity contribution in [2.24, 2.45) is 17.0 Å². The molecule has 1 fully saturated rings. The smallest absolute Gasteiger partial charge is 0.212 e. The maximum Gasteiger partial charge on any atom is 0.212 e. The number of sulfonamides is 1. The minimum atomic E-state index is -3.28. The molecule has 11 heavy (non-hydrogen) atoms. The van der Waals surface area contributed by atoms with Crippen LogP contribution in [-0.2, 0) is 10.0 Å². The number of primary sulfonamides is 1. The topological polar surface area (TPSA) is 60.2 Å². The van der Waals surface area contributed by atoms with Crippen molar-refractivity contribution in [3.8, 4) is 0 Å². The van der Waals surface area contributed by atoms with Crippen molar-refractivity contribution < 1.29 is 8.42 Å². The highest BCUT2D eigenvalue weighted by Crippen LogP contribution is 2.41. The number of hydrogen-bond donors (Lipinski definition) is 1. The molecular weight excluding hydrogens is 162 g/mol. The van der Waals surface area contributed by atoms with Gasteiger partial charge in [0.2, 0.25) is 10.0 Å². The first kappa shape index (κ1) is 7.31. The molecule has 2 aliphatic carbocycles. The average Bonchev–Trinajstić information content (AvgIpc) is 2.42. The Morgan fingerprint density at radius 2 is 2.00 bits per heavy atom. The van der Waals surface area contributed by atoms with Gasteiger partial charge in [-0.1, -0.05) is 12.2 Å². The number of fused-ring (bicyclic) bond motifs is 2. The van der Waals surface area contributed by atoms with Crippen molar-refractivity contribution in [2.45, 2.75) is 18.1 Å². The summed E-state index contributed by atoms with van der Waals surface area (Å²) in [6, 6.07) is 0. The molecular formula is C7H11NO2S. The molecule has 2 N–H and O–H groups in total. The Morgan fingerprint density at radius 1 is 1.27 bits per heavy atom. The van der Waals surface area contributed by atoms with E-state index < -0.39 is 10.0 Å². The molecule has 0 saturated heterocycles. The minimum Gasteiger partial charge on any atom is -0.228 e. The van der Waals surface area contributed by atoms with E-state index in [4.69, 9.17) is 5.14 Å². The van der Waals surface area contributed by atoms with Crippen LogP contribution in [-0.4, -0.2) is 13.7 Å². The van der Waals surface area contributed by atoms with Gasteiger partial charge in [0.25, 0.3) is 0 Å². The second-order valence-electron chi connectivity index (χ2n) is 3.41. The number of rotatable bonds is 1. The molecule has 2 aliphatic rings. The molecule has 3 atom stereocenters. The summed E-state index contributed by atoms with van der Waals surface area (Å²) in [5.41, 5.74) is 0. The Hall–Kier alpha value is -0.350. The molecule has 2 rings (SSSR count). The van der Waals surface area contributed by atoms with E-state index in [1.54, 1.807) is 0 Å². The van der Waals surface area contributed by atoms with Crippen LogP contribution in [0.5, 0.6) is 0 Å². The lowest BCUT2D eigenvalue weighted by molar-refractivity contribution is 0.563. The van der Waals surface area contributed by atoms with Gasteiger partial charge in [-0.25, -0.2) is 13.6 Å². The van der Waals surface area contributed by atoms with Gasteiger partial charge in [0.1, 0.15) is 0 Å². The molecule has 0 radical (unpaired) electrons. The van der Waals surface area contributed by atoms with Crippen LogP contribution in [0.15, 0.2) is 12.2 Å². The Morgan fingerprint density at radius 3 is 2.27 bits per heavy atom. The Kier molecular flexibility index (Phi) is 1.38. The van der Waals surface area contributed by atoms with E-state index >= 15 is 0 Å². The third kappa shape index (κ3) is 1.10. The van der Waals surface area contributed by atoms with E-state index in [9.17, 15) is 8.42 Å². The van der Waals surface area contributed by atoms with Crippen LogP contribution in [0.25, 0.3) is 0 Å². The van der Waals surface area contributed by atoms with Gasteiger partial charge in [-0.3, -0.25) is 0 Å². The number of hydrogen-bond acceptors (Lipinski definition) is 2. The number of nitrogens with two attached hydrogens (primary N) is 1. The van der Waals surface area contributed by atoms with E-state index in [0.717, 1.165) is 12.8 Å². The summed E-state index contributed by atoms with van der Waals surface area (Å²) >= 11 is 0. The van der Waals surface area contributed by atoms with Crippen molar-refractivity contribution in [3.05, 3.63) is 12.2 Å². The standard InChI is InChI=1S/C7H11NO2S/c8-11(9,10)7-4-5-1-2-6(7)3-5/h1-2,5-7H,3-4H2,(H2,8,9,10). The molecule has 0 aromatic heterocycles. The second kappa shape index (κ2) is 2.08. The summed E-state index contributed by atoms with van der Waals surface area (Å²) in [5, 5.41) is 4.77. The molecule has 3 nitrogen and oxygen atoms in total. The van der Waals surface area contributed by atoms with Crippen molar-refractivity contribution in [3.63, 3.8) is 0 Å². The average molecular weight is 173 g/mol. The fourth-order valence-electron chi connectivity index (χ4n) is 2.11. The normalized spacial score (nSPS) is 41.7. The van der Waals surface area contributed by atoms with Crippen LogP contribution in [0, 0.1) is 11.8 Å². The molecule has 0 spiro atoms. The zero-order chi connectivity index (χ0) is 8.06. The molecule has 1 saturated carbocycles. The zero-order valence-corrected chi connectivity index (χ0v) is 6.92. The predicted octanol–water partition coefficient (Wildman–Crippen LogP) is 0.240. The molecule has 0 aromatic rings. The fourth-order valence-corrected chi connectivity index (χ4v) is 3.31. The lowest BCUT2D eigenvalue weighted by atomic mass is 10.1. The summed E-state index contributed by atoms with van der Waals surface area (Å²) in [6.07, 6.45) is 5.82. The van der Waals surface area contributed by atoms with Crippen LogP contribution >= 0.6 is 0 Å². The van der Waals surface area contributed by atoms with E-state index in [0.29, 0.717) is 5.92 Å². The van der Waals surface area contributed by atoms with E-state index in [1.807, 2.05) is 6.08 Å². The fraction of sp³-hybridized carbons (Fsp3) is 0.714. The molecule has 0 amide bonds. The summed E-state index contributed by atoms with van der Waals surface area (Å²) in [7, 11) is -3.28. The maximum atomic E-state index is 11.0. The molecule has 2 bridgehead atoms. The van der Waals surface area contributed by atoms with Crippen LogP contribution in [0.1, 0.15) is 12.8 Å². The summed E-state index contributed by atoms with van der Waals surface area (Å²) in [4.78, 5) is 0. The quantitative estimate of drug-likeness (QED) is 0.577. The monoisotopic (exact) mass is 173 g/mol. The van der Waals surface area contributed by atoms with E-state index in [-0.39, 0.29) is 11.2 Å². The third-order valence-corrected chi connectivity index (χ3v) is 4.03. The van der Waals surface area contributed by atoms with Gasteiger partial charge in [-0.15, -0.1) is 0 Å². The summed E-state index contributed by atoms with van der Waals surface area (Å²) in [5.74, 6) is 0.679. The minimum absolute atomic E-state index is 0.204. The highest BCUT2D eigenvalue weighted by atomic mass is 32.2. The third-order valence-electron chi connectivity index (χ3n) is 2.64. The van der Waals surface area contributed by atoms with Gasteiger partial charge >= 0.3 is 0 Å². The van der Waals surface area contributed by atoms with Gasteiger partial charge in [0.15, 0.2) is 0 Å². The second-order valence-corrected chi connectivity index (χ2v) is 5.19. The molecule has 0 heterocycles. The van der Waals surface area contributed by atoms with E-state index in [2.05, 4.69) is 6.08 Å². The van der Waals surface area contributed by atoms with Crippen LogP contribution in [0.2, 0.25) is 0 Å². The molecule has 0 aromatic carbocycles. The Labute approximate surface area is 66.3 Å². The first-order valence-electron chi connectivity index (χ1n) is 3.77. The maximum absolute atomic E-state index is 11.0. The van der Waals surface area contributed by atoms with Gasteiger partial charge in [0, 0.05) is 0 Å². The van der Waals surface area contributed by atoms with Gasteiger partial charge in [-0.2, -0.15) is 0 Å². The van der Waals surface area contributed by atoms with Crippen molar-refractivity contribution >= 4 is 10.0 Å². The highest BCUT2D eigenvalue weighted by molar-refractivity contribution is 7.89. The van der Waals surface area contributed by atoms with Gasteiger partial charge in [-0.05, 0) is 24.7 Å². The lowest BCUT2D eigenvalue weighted by Crippen LogP contribution is -2.31. The van der Waals surface area contributed by atoms with E-state index in [1.165, 1.54) is 0 Å². The molecule has 4 heteroatoms. The van der Waals surface area contributed by atoms with Crippen molar-refractivity contribution in [1.29, 1.82) is 0 Å².